The van der Waals surface area contributed by atoms with Crippen LogP contribution in [-0.4, -0.2) is 0 Å². The van der Waals surface area contributed by atoms with E-state index < -0.39 is 16.0 Å². The van der Waals surface area contributed by atoms with Crippen molar-refractivity contribution in [3.63, 3.8) is 0 Å². The normalized spacial score (nSPS) is 15.6. The molecule has 1 atom stereocenters. The first kappa shape index (κ1) is 12.5. The molecule has 2 aromatic rings. The third-order valence-electron chi connectivity index (χ3n) is 3.28. The predicted molar refractivity (Wildman–Crippen MR) is 74.2 cm³/mol. The van der Waals surface area contributed by atoms with E-state index in [9.17, 15) is 13.2 Å². The molecule has 19 heavy (non-hydrogen) atoms. The molecule has 1 aliphatic rings. The molecule has 98 valence electrons. The topological polar surface area (TPSA) is 0 Å². The average molecular weight is 281 g/mol. The highest BCUT2D eigenvalue weighted by Gasteiger charge is 2.48. The first-order valence-corrected chi connectivity index (χ1v) is 7.27. The van der Waals surface area contributed by atoms with Crippen molar-refractivity contribution in [2.45, 2.75) is 18.9 Å². The van der Waals surface area contributed by atoms with E-state index in [1.165, 1.54) is 0 Å². The molecule has 0 amide bonds. The summed E-state index contributed by atoms with van der Waals surface area (Å²) in [6.45, 7) is 2.00. The maximum absolute atomic E-state index is 13.3. The number of benzene rings is 1. The van der Waals surface area contributed by atoms with Crippen molar-refractivity contribution in [2.75, 3.05) is 0 Å². The highest BCUT2D eigenvalue weighted by Crippen LogP contribution is 2.53. The Morgan fingerprint density at radius 1 is 1.16 bits per heavy atom. The fourth-order valence-electron chi connectivity index (χ4n) is 2.24. The molecule has 1 unspecified atom stereocenters. The highest BCUT2D eigenvalue weighted by molar-refractivity contribution is 7.39. The van der Waals surface area contributed by atoms with Gasteiger partial charge in [-0.25, -0.2) is 0 Å². The van der Waals surface area contributed by atoms with Crippen LogP contribution in [0.4, 0.5) is 13.2 Å². The highest BCUT2D eigenvalue weighted by atomic mass is 32.2. The Bertz CT molecular complexity index is 702. The lowest BCUT2D eigenvalue weighted by atomic mass is 10.1. The van der Waals surface area contributed by atoms with Crippen molar-refractivity contribution < 1.29 is 13.2 Å². The predicted octanol–water partition coefficient (Wildman–Crippen LogP) is 5.58. The summed E-state index contributed by atoms with van der Waals surface area (Å²) >= 11 is 0. The minimum absolute atomic E-state index is 0.401. The van der Waals surface area contributed by atoms with E-state index in [0.717, 1.165) is 17.4 Å². The Morgan fingerprint density at radius 2 is 1.89 bits per heavy atom. The second kappa shape index (κ2) is 4.23. The molecule has 0 saturated heterocycles. The van der Waals surface area contributed by atoms with Gasteiger partial charge in [0.2, 0.25) is 0 Å². The number of hydrogen-bond acceptors (Lipinski definition) is 0. The lowest BCUT2D eigenvalue weighted by molar-refractivity contribution is -0.0866. The maximum Gasteiger partial charge on any atom is 0.601 e. The molecule has 1 heterocycles. The summed E-state index contributed by atoms with van der Waals surface area (Å²) in [6, 6.07) is 7.00. The molecular formula is C15H12F3S+. The molecule has 0 bridgehead atoms. The first-order valence-electron chi connectivity index (χ1n) is 6.05. The summed E-state index contributed by atoms with van der Waals surface area (Å²) in [4.78, 5) is 0.401. The van der Waals surface area contributed by atoms with Crippen molar-refractivity contribution in [3.8, 4) is 0 Å². The van der Waals surface area contributed by atoms with Gasteiger partial charge in [-0.15, -0.1) is 13.2 Å². The summed E-state index contributed by atoms with van der Waals surface area (Å²) in [5.41, 5.74) is -2.44. The van der Waals surface area contributed by atoms with Gasteiger partial charge >= 0.3 is 5.51 Å². The summed E-state index contributed by atoms with van der Waals surface area (Å²) in [5.74, 6) is 0. The van der Waals surface area contributed by atoms with Gasteiger partial charge in [0.1, 0.15) is 10.5 Å². The zero-order chi connectivity index (χ0) is 13.6. The van der Waals surface area contributed by atoms with Crippen LogP contribution in [0, 0.1) is 0 Å². The number of rotatable bonds is 2. The van der Waals surface area contributed by atoms with Gasteiger partial charge in [-0.3, -0.25) is 0 Å². The smallest absolute Gasteiger partial charge is 0.118 e. The molecule has 4 heteroatoms. The van der Waals surface area contributed by atoms with Crippen molar-refractivity contribution in [3.05, 3.63) is 52.9 Å². The fourth-order valence-corrected chi connectivity index (χ4v) is 4.15. The van der Waals surface area contributed by atoms with Gasteiger partial charge in [0.05, 0.1) is 0 Å². The van der Waals surface area contributed by atoms with Crippen LogP contribution in [0.1, 0.15) is 17.4 Å². The molecule has 0 spiro atoms. The van der Waals surface area contributed by atoms with Crippen molar-refractivity contribution >= 4 is 26.1 Å². The Kier molecular flexibility index (Phi) is 2.78. The molecule has 0 nitrogen and oxygen atoms in total. The molecule has 1 aliphatic carbocycles. The largest absolute Gasteiger partial charge is 0.601 e. The number of alkyl halides is 3. The number of halogens is 3. The van der Waals surface area contributed by atoms with E-state index in [1.807, 2.05) is 13.0 Å². The van der Waals surface area contributed by atoms with Crippen LogP contribution in [0.5, 0.6) is 0 Å². The van der Waals surface area contributed by atoms with E-state index in [1.54, 1.807) is 36.4 Å². The molecular weight excluding hydrogens is 269 g/mol. The quantitative estimate of drug-likeness (QED) is 0.630. The van der Waals surface area contributed by atoms with Crippen molar-refractivity contribution in [2.24, 2.45) is 0 Å². The molecule has 0 fully saturated rings. The van der Waals surface area contributed by atoms with E-state index in [4.69, 9.17) is 0 Å². The maximum atomic E-state index is 13.3. The number of aryl methyl sites for hydroxylation is 1. The monoisotopic (exact) mass is 281 g/mol. The lowest BCUT2D eigenvalue weighted by Gasteiger charge is -2.04. The average Bonchev–Trinajstić information content (AvgIpc) is 2.63. The Labute approximate surface area is 111 Å². The Hall–Kier alpha value is -1.55. The molecule has 1 aromatic heterocycles. The molecule has 0 radical (unpaired) electrons. The fraction of sp³-hybridized carbons (Fsp3) is 0.200. The Morgan fingerprint density at radius 3 is 2.42 bits per heavy atom. The molecule has 0 aliphatic heterocycles. The van der Waals surface area contributed by atoms with Crippen LogP contribution >= 0.6 is 10.5 Å². The minimum Gasteiger partial charge on any atom is -0.118 e. The first-order chi connectivity index (χ1) is 9.00. The summed E-state index contributed by atoms with van der Waals surface area (Å²) in [7, 11) is -1.80. The summed E-state index contributed by atoms with van der Waals surface area (Å²) in [5, 5.41) is 0.719. The molecule has 1 aromatic carbocycles. The van der Waals surface area contributed by atoms with Gasteiger partial charge in [-0.1, -0.05) is 19.1 Å². The van der Waals surface area contributed by atoms with Gasteiger partial charge in [0.15, 0.2) is 9.58 Å². The van der Waals surface area contributed by atoms with Gasteiger partial charge in [0, 0.05) is 17.0 Å². The molecule has 0 N–H and O–H groups in total. The number of fused-ring (bicyclic) bond motifs is 1. The molecule has 0 saturated carbocycles. The van der Waals surface area contributed by atoms with Crippen LogP contribution in [0.3, 0.4) is 0 Å². The van der Waals surface area contributed by atoms with Gasteiger partial charge in [-0.2, -0.15) is 0 Å². The van der Waals surface area contributed by atoms with Gasteiger partial charge in [0.25, 0.3) is 0 Å². The van der Waals surface area contributed by atoms with Crippen LogP contribution in [0.25, 0.3) is 15.7 Å². The minimum atomic E-state index is -4.21. The van der Waals surface area contributed by atoms with Crippen LogP contribution in [-0.2, 0) is 11.9 Å². The van der Waals surface area contributed by atoms with E-state index in [-0.39, 0.29) is 0 Å². The summed E-state index contributed by atoms with van der Waals surface area (Å²) in [6.07, 6.45) is 6.09. The number of hydrogen-bond donors (Lipinski definition) is 0. The van der Waals surface area contributed by atoms with E-state index >= 15 is 0 Å². The third kappa shape index (κ3) is 2.00. The lowest BCUT2D eigenvalue weighted by Crippen LogP contribution is -1.98. The zero-order valence-electron chi connectivity index (χ0n) is 10.3. The third-order valence-corrected chi connectivity index (χ3v) is 5.34. The number of thiophene rings is 1. The van der Waals surface area contributed by atoms with E-state index in [0.29, 0.717) is 15.2 Å². The summed E-state index contributed by atoms with van der Waals surface area (Å²) < 4.78 is 40.3. The second-order valence-electron chi connectivity index (χ2n) is 4.47. The van der Waals surface area contributed by atoms with E-state index in [2.05, 4.69) is 0 Å². The molecule has 3 rings (SSSR count). The number of allylic oxidation sites excluding steroid dienone is 4. The Balaban J connectivity index is 2.29. The van der Waals surface area contributed by atoms with Gasteiger partial charge < -0.3 is 0 Å². The SMILES string of the molecule is CCc1ccc2c(c1)cc(C1=CC=C1)[s+]2C(F)(F)F. The van der Waals surface area contributed by atoms with Crippen LogP contribution < -0.4 is 0 Å². The van der Waals surface area contributed by atoms with Crippen LogP contribution in [0.2, 0.25) is 0 Å². The van der Waals surface area contributed by atoms with Crippen molar-refractivity contribution in [1.82, 2.24) is 0 Å². The zero-order valence-corrected chi connectivity index (χ0v) is 11.1. The van der Waals surface area contributed by atoms with Gasteiger partial charge in [-0.05, 0) is 36.3 Å². The standard InChI is InChI=1S/C15H12F3S/c1-2-10-6-7-13-12(8-10)9-14(11-4-3-5-11)19(13)15(16,17)18/h3-9H,2H2,1H3/q+1. The van der Waals surface area contributed by atoms with Crippen LogP contribution in [0.15, 0.2) is 42.5 Å². The second-order valence-corrected chi connectivity index (χ2v) is 6.42. The van der Waals surface area contributed by atoms with Crippen molar-refractivity contribution in [1.29, 1.82) is 0 Å².